The molecule has 0 bridgehead atoms. The molecule has 0 aliphatic carbocycles. The number of ether oxygens (including phenoxy) is 2. The molecule has 0 saturated carbocycles. The van der Waals surface area contributed by atoms with E-state index in [0.717, 1.165) is 57.4 Å². The molecule has 1 N–H and O–H groups in total. The summed E-state index contributed by atoms with van der Waals surface area (Å²) >= 11 is 6.15. The number of aromatic nitrogens is 3. The summed E-state index contributed by atoms with van der Waals surface area (Å²) in [7, 11) is 1.55. The van der Waals surface area contributed by atoms with Gasteiger partial charge < -0.3 is 19.3 Å². The topological polar surface area (TPSA) is 88.0 Å². The Balaban J connectivity index is 1.32. The molecule has 0 spiro atoms. The normalized spacial score (nSPS) is 16.0. The largest absolute Gasteiger partial charge is 0.493 e. The van der Waals surface area contributed by atoms with Crippen LogP contribution in [0.5, 0.6) is 11.5 Å². The maximum absolute atomic E-state index is 14.2. The molecular weight excluding hydrogens is 521 g/mol. The number of nitrogens with one attached hydrogen (secondary N) is 1. The molecule has 2 aliphatic rings. The molecule has 2 fully saturated rings. The number of methoxy groups -OCH3 is 1. The Labute approximate surface area is 233 Å². The van der Waals surface area contributed by atoms with E-state index in [9.17, 15) is 4.39 Å². The van der Waals surface area contributed by atoms with Crippen molar-refractivity contribution in [3.05, 3.63) is 58.4 Å². The zero-order valence-electron chi connectivity index (χ0n) is 22.1. The highest BCUT2D eigenvalue weighted by molar-refractivity contribution is 6.31. The molecule has 2 saturated heterocycles. The summed E-state index contributed by atoms with van der Waals surface area (Å²) in [6, 6.07) is 9.92. The van der Waals surface area contributed by atoms with E-state index in [1.807, 2.05) is 6.07 Å². The minimum Gasteiger partial charge on any atom is -0.493 e. The number of hydrogen-bond donors (Lipinski definition) is 1. The second-order valence-corrected chi connectivity index (χ2v) is 10.0. The number of nitrogens with zero attached hydrogens (tertiary/aromatic N) is 6. The van der Waals surface area contributed by atoms with E-state index >= 15 is 0 Å². The standard InChI is InChI=1S/C28H33ClFN7O2/c1-38-24-12-11-20(17-25(24)39-19-21-22(29)9-8-10-23(21)30)18-31-35-26-32-27(36-13-4-2-5-14-36)34-28(33-26)37-15-6-3-7-16-37/h8-12,17-18H,2-7,13-16,19H2,1H3,(H,32,33,34,35). The summed E-state index contributed by atoms with van der Waals surface area (Å²) in [5.41, 5.74) is 4.02. The maximum atomic E-state index is 14.2. The number of piperidine rings is 2. The molecule has 206 valence electrons. The van der Waals surface area contributed by atoms with Crippen LogP contribution in [0.4, 0.5) is 22.2 Å². The van der Waals surface area contributed by atoms with Crippen LogP contribution in [0, 0.1) is 5.82 Å². The fraction of sp³-hybridized carbons (Fsp3) is 0.429. The average Bonchev–Trinajstić information content (AvgIpc) is 2.98. The van der Waals surface area contributed by atoms with Crippen LogP contribution in [0.3, 0.4) is 0 Å². The van der Waals surface area contributed by atoms with Crippen molar-refractivity contribution in [2.24, 2.45) is 5.10 Å². The molecule has 1 aromatic heterocycles. The minimum atomic E-state index is -0.423. The summed E-state index contributed by atoms with van der Waals surface area (Å²) in [4.78, 5) is 18.6. The zero-order chi connectivity index (χ0) is 27.0. The number of benzene rings is 2. The van der Waals surface area contributed by atoms with E-state index in [4.69, 9.17) is 26.1 Å². The van der Waals surface area contributed by atoms with E-state index in [1.165, 1.54) is 18.9 Å². The van der Waals surface area contributed by atoms with Gasteiger partial charge in [0.15, 0.2) is 11.5 Å². The highest BCUT2D eigenvalue weighted by Gasteiger charge is 2.20. The predicted octanol–water partition coefficient (Wildman–Crippen LogP) is 5.68. The Morgan fingerprint density at radius 1 is 0.923 bits per heavy atom. The third-order valence-electron chi connectivity index (χ3n) is 6.89. The summed E-state index contributed by atoms with van der Waals surface area (Å²) in [6.07, 6.45) is 8.65. The van der Waals surface area contributed by atoms with Gasteiger partial charge in [-0.15, -0.1) is 0 Å². The van der Waals surface area contributed by atoms with Crippen molar-refractivity contribution < 1.29 is 13.9 Å². The third kappa shape index (κ3) is 6.86. The van der Waals surface area contributed by atoms with Crippen LogP contribution in [0.25, 0.3) is 0 Å². The van der Waals surface area contributed by atoms with E-state index in [2.05, 4.69) is 30.3 Å². The summed E-state index contributed by atoms with van der Waals surface area (Å²) in [6.45, 7) is 3.74. The van der Waals surface area contributed by atoms with Crippen molar-refractivity contribution in [2.45, 2.75) is 45.1 Å². The molecule has 0 unspecified atom stereocenters. The van der Waals surface area contributed by atoms with Crippen LogP contribution in [-0.2, 0) is 6.61 Å². The van der Waals surface area contributed by atoms with E-state index in [1.54, 1.807) is 37.6 Å². The Morgan fingerprint density at radius 2 is 1.59 bits per heavy atom. The number of hydrogen-bond acceptors (Lipinski definition) is 9. The Bertz CT molecular complexity index is 1240. The molecule has 3 aromatic rings. The van der Waals surface area contributed by atoms with Gasteiger partial charge in [-0.05, 0) is 74.4 Å². The third-order valence-corrected chi connectivity index (χ3v) is 7.24. The van der Waals surface area contributed by atoms with E-state index in [-0.39, 0.29) is 12.2 Å². The van der Waals surface area contributed by atoms with E-state index < -0.39 is 5.82 Å². The molecule has 0 amide bonds. The smallest absolute Gasteiger partial charge is 0.250 e. The number of halogens is 2. The summed E-state index contributed by atoms with van der Waals surface area (Å²) < 4.78 is 25.5. The second-order valence-electron chi connectivity index (χ2n) is 9.62. The van der Waals surface area contributed by atoms with Gasteiger partial charge in [-0.2, -0.15) is 20.1 Å². The Kier molecular flexibility index (Phi) is 8.93. The number of hydrazone groups is 1. The number of anilines is 3. The highest BCUT2D eigenvalue weighted by Crippen LogP contribution is 2.30. The van der Waals surface area contributed by atoms with Gasteiger partial charge in [0.25, 0.3) is 0 Å². The lowest BCUT2D eigenvalue weighted by atomic mass is 10.1. The van der Waals surface area contributed by atoms with Crippen LogP contribution >= 0.6 is 11.6 Å². The van der Waals surface area contributed by atoms with Crippen LogP contribution in [0.15, 0.2) is 41.5 Å². The Hall–Kier alpha value is -3.66. The van der Waals surface area contributed by atoms with E-state index in [0.29, 0.717) is 34.4 Å². The minimum absolute atomic E-state index is 0.0376. The lowest BCUT2D eigenvalue weighted by molar-refractivity contribution is 0.280. The van der Waals surface area contributed by atoms with Crippen LogP contribution in [-0.4, -0.2) is 54.5 Å². The first-order valence-corrected chi connectivity index (χ1v) is 13.8. The monoisotopic (exact) mass is 553 g/mol. The van der Waals surface area contributed by atoms with Gasteiger partial charge in [0.1, 0.15) is 12.4 Å². The molecule has 39 heavy (non-hydrogen) atoms. The van der Waals surface area contributed by atoms with Crippen molar-refractivity contribution in [1.29, 1.82) is 0 Å². The van der Waals surface area contributed by atoms with Crippen molar-refractivity contribution in [3.8, 4) is 11.5 Å². The highest BCUT2D eigenvalue weighted by atomic mass is 35.5. The molecule has 5 rings (SSSR count). The fourth-order valence-electron chi connectivity index (χ4n) is 4.75. The lowest BCUT2D eigenvalue weighted by Gasteiger charge is -2.30. The van der Waals surface area contributed by atoms with Crippen LogP contribution < -0.4 is 24.7 Å². The van der Waals surface area contributed by atoms with Gasteiger partial charge in [-0.25, -0.2) is 9.82 Å². The average molecular weight is 554 g/mol. The van der Waals surface area contributed by atoms with Crippen molar-refractivity contribution >= 4 is 35.7 Å². The first kappa shape index (κ1) is 26.9. The molecule has 9 nitrogen and oxygen atoms in total. The SMILES string of the molecule is COc1ccc(C=NNc2nc(N3CCCCC3)nc(N3CCCCC3)n2)cc1OCc1c(F)cccc1Cl. The second kappa shape index (κ2) is 12.9. The van der Waals surface area contributed by atoms with Crippen molar-refractivity contribution in [2.75, 3.05) is 48.5 Å². The van der Waals surface area contributed by atoms with Gasteiger partial charge in [0, 0.05) is 31.7 Å². The quantitative estimate of drug-likeness (QED) is 0.267. The molecule has 0 radical (unpaired) electrons. The van der Waals surface area contributed by atoms with Gasteiger partial charge in [-0.1, -0.05) is 17.7 Å². The van der Waals surface area contributed by atoms with Gasteiger partial charge in [0.05, 0.1) is 18.3 Å². The fourth-order valence-corrected chi connectivity index (χ4v) is 4.96. The lowest BCUT2D eigenvalue weighted by Crippen LogP contribution is -2.34. The Morgan fingerprint density at radius 3 is 2.21 bits per heavy atom. The van der Waals surface area contributed by atoms with Gasteiger partial charge in [0.2, 0.25) is 17.8 Å². The summed E-state index contributed by atoms with van der Waals surface area (Å²) in [5.74, 6) is 2.32. The molecular formula is C28H33ClFN7O2. The van der Waals surface area contributed by atoms with Crippen molar-refractivity contribution in [3.63, 3.8) is 0 Å². The number of rotatable bonds is 9. The molecule has 11 heteroatoms. The zero-order valence-corrected chi connectivity index (χ0v) is 22.8. The van der Waals surface area contributed by atoms with Crippen LogP contribution in [0.1, 0.15) is 49.7 Å². The molecule has 2 aromatic carbocycles. The molecule has 0 atom stereocenters. The van der Waals surface area contributed by atoms with Gasteiger partial charge >= 0.3 is 0 Å². The molecule has 3 heterocycles. The molecule has 2 aliphatic heterocycles. The summed E-state index contributed by atoms with van der Waals surface area (Å²) in [5, 5.41) is 4.69. The van der Waals surface area contributed by atoms with Crippen molar-refractivity contribution in [1.82, 2.24) is 15.0 Å². The first-order valence-electron chi connectivity index (χ1n) is 13.4. The predicted molar refractivity (Wildman–Crippen MR) is 152 cm³/mol. The van der Waals surface area contributed by atoms with Gasteiger partial charge in [-0.3, -0.25) is 0 Å². The first-order chi connectivity index (χ1) is 19.1. The maximum Gasteiger partial charge on any atom is 0.250 e. The van der Waals surface area contributed by atoms with Crippen LogP contribution in [0.2, 0.25) is 5.02 Å².